The summed E-state index contributed by atoms with van der Waals surface area (Å²) in [4.78, 5) is 19.0. The molecule has 1 fully saturated rings. The van der Waals surface area contributed by atoms with Crippen molar-refractivity contribution in [3.8, 4) is 22.5 Å². The van der Waals surface area contributed by atoms with E-state index in [0.29, 0.717) is 17.3 Å². The zero-order chi connectivity index (χ0) is 24.2. The van der Waals surface area contributed by atoms with Crippen molar-refractivity contribution in [2.75, 3.05) is 32.7 Å². The molecule has 0 radical (unpaired) electrons. The fourth-order valence-electron chi connectivity index (χ4n) is 5.09. The molecule has 0 saturated carbocycles. The number of carboxylic acid groups (broad SMARTS) is 1. The SMILES string of the molecule is CCCN1CCC(c2nc(-c3ccc(-c4ccc(C(=O)O)c(C5=CCNCC5)c4)cc3)no2)CC1. The van der Waals surface area contributed by atoms with E-state index >= 15 is 0 Å². The number of hydrogen-bond acceptors (Lipinski definition) is 6. The molecule has 1 saturated heterocycles. The Bertz CT molecular complexity index is 1210. The Labute approximate surface area is 205 Å². The van der Waals surface area contributed by atoms with Gasteiger partial charge in [-0.1, -0.05) is 48.5 Å². The lowest BCUT2D eigenvalue weighted by atomic mass is 9.91. The summed E-state index contributed by atoms with van der Waals surface area (Å²) >= 11 is 0. The summed E-state index contributed by atoms with van der Waals surface area (Å²) in [5.74, 6) is 0.790. The van der Waals surface area contributed by atoms with Crippen LogP contribution >= 0.6 is 0 Å². The lowest BCUT2D eigenvalue weighted by molar-refractivity contribution is 0.0696. The van der Waals surface area contributed by atoms with E-state index < -0.39 is 5.97 Å². The smallest absolute Gasteiger partial charge is 0.336 e. The molecular weight excluding hydrogens is 440 g/mol. The van der Waals surface area contributed by atoms with Crippen LogP contribution in [0.2, 0.25) is 0 Å². The van der Waals surface area contributed by atoms with E-state index in [1.54, 1.807) is 6.07 Å². The van der Waals surface area contributed by atoms with Crippen LogP contribution in [0.5, 0.6) is 0 Å². The van der Waals surface area contributed by atoms with E-state index in [4.69, 9.17) is 9.51 Å². The molecule has 7 nitrogen and oxygen atoms in total. The van der Waals surface area contributed by atoms with E-state index in [9.17, 15) is 9.90 Å². The number of aromatic carboxylic acids is 1. The Morgan fingerprint density at radius 2 is 1.86 bits per heavy atom. The van der Waals surface area contributed by atoms with Crippen molar-refractivity contribution < 1.29 is 14.4 Å². The van der Waals surface area contributed by atoms with Crippen LogP contribution in [-0.4, -0.2) is 58.8 Å². The Morgan fingerprint density at radius 1 is 1.11 bits per heavy atom. The number of benzene rings is 2. The van der Waals surface area contributed by atoms with Gasteiger partial charge >= 0.3 is 5.97 Å². The molecule has 0 atom stereocenters. The zero-order valence-corrected chi connectivity index (χ0v) is 20.2. The van der Waals surface area contributed by atoms with Crippen LogP contribution < -0.4 is 5.32 Å². The van der Waals surface area contributed by atoms with Crippen molar-refractivity contribution in [1.82, 2.24) is 20.4 Å². The number of piperidine rings is 1. The molecule has 0 aliphatic carbocycles. The first kappa shape index (κ1) is 23.5. The number of aromatic nitrogens is 2. The first-order valence-electron chi connectivity index (χ1n) is 12.6. The molecular formula is C28H32N4O3. The fraction of sp³-hybridized carbons (Fsp3) is 0.393. The summed E-state index contributed by atoms with van der Waals surface area (Å²) in [5.41, 5.74) is 5.15. The monoisotopic (exact) mass is 472 g/mol. The van der Waals surface area contributed by atoms with E-state index in [1.807, 2.05) is 36.4 Å². The van der Waals surface area contributed by atoms with Crippen LogP contribution in [0.15, 0.2) is 53.1 Å². The van der Waals surface area contributed by atoms with E-state index in [-0.39, 0.29) is 0 Å². The Balaban J connectivity index is 1.33. The lowest BCUT2D eigenvalue weighted by Gasteiger charge is -2.29. The Hall–Kier alpha value is -3.29. The first-order valence-corrected chi connectivity index (χ1v) is 12.6. The average Bonchev–Trinajstić information content (AvgIpc) is 3.40. The second kappa shape index (κ2) is 10.5. The van der Waals surface area contributed by atoms with E-state index in [2.05, 4.69) is 28.4 Å². The highest BCUT2D eigenvalue weighted by Crippen LogP contribution is 2.32. The van der Waals surface area contributed by atoms with Crippen molar-refractivity contribution in [3.05, 3.63) is 65.6 Å². The number of carboxylic acids is 1. The van der Waals surface area contributed by atoms with Crippen molar-refractivity contribution in [3.63, 3.8) is 0 Å². The minimum absolute atomic E-state index is 0.332. The molecule has 2 N–H and O–H groups in total. The third-order valence-electron chi connectivity index (χ3n) is 7.05. The number of carbonyl (C=O) groups is 1. The Kier molecular flexibility index (Phi) is 7.06. The zero-order valence-electron chi connectivity index (χ0n) is 20.2. The van der Waals surface area contributed by atoms with Crippen LogP contribution in [-0.2, 0) is 0 Å². The first-order chi connectivity index (χ1) is 17.1. The van der Waals surface area contributed by atoms with Gasteiger partial charge < -0.3 is 19.8 Å². The minimum Gasteiger partial charge on any atom is -0.478 e. The van der Waals surface area contributed by atoms with Gasteiger partial charge in [0.1, 0.15) is 0 Å². The molecule has 3 aromatic rings. The van der Waals surface area contributed by atoms with Gasteiger partial charge in [0.2, 0.25) is 11.7 Å². The van der Waals surface area contributed by atoms with Gasteiger partial charge in [-0.25, -0.2) is 4.79 Å². The summed E-state index contributed by atoms with van der Waals surface area (Å²) in [6.07, 6.45) is 6.20. The number of rotatable bonds is 7. The molecule has 0 spiro atoms. The number of likely N-dealkylation sites (tertiary alicyclic amines) is 1. The van der Waals surface area contributed by atoms with Crippen molar-refractivity contribution in [2.24, 2.45) is 0 Å². The maximum Gasteiger partial charge on any atom is 0.336 e. The molecule has 5 rings (SSSR count). The number of hydrogen-bond donors (Lipinski definition) is 2. The lowest BCUT2D eigenvalue weighted by Crippen LogP contribution is -2.33. The topological polar surface area (TPSA) is 91.5 Å². The molecule has 2 aliphatic heterocycles. The van der Waals surface area contributed by atoms with Gasteiger partial charge in [-0.05, 0) is 86.3 Å². The van der Waals surface area contributed by atoms with E-state index in [1.165, 1.54) is 6.42 Å². The third kappa shape index (κ3) is 5.21. The summed E-state index contributed by atoms with van der Waals surface area (Å²) < 4.78 is 5.64. The average molecular weight is 473 g/mol. The second-order valence-electron chi connectivity index (χ2n) is 9.40. The van der Waals surface area contributed by atoms with Gasteiger partial charge in [0.25, 0.3) is 0 Å². The highest BCUT2D eigenvalue weighted by atomic mass is 16.5. The van der Waals surface area contributed by atoms with Gasteiger partial charge in [-0.15, -0.1) is 0 Å². The third-order valence-corrected chi connectivity index (χ3v) is 7.05. The van der Waals surface area contributed by atoms with Gasteiger partial charge in [0, 0.05) is 18.0 Å². The molecule has 0 bridgehead atoms. The fourth-order valence-corrected chi connectivity index (χ4v) is 5.09. The van der Waals surface area contributed by atoms with Crippen LogP contribution in [0, 0.1) is 0 Å². The van der Waals surface area contributed by atoms with Crippen LogP contribution in [0.3, 0.4) is 0 Å². The second-order valence-corrected chi connectivity index (χ2v) is 9.40. The normalized spacial score (nSPS) is 17.3. The number of nitrogens with zero attached hydrogens (tertiary/aromatic N) is 3. The van der Waals surface area contributed by atoms with Gasteiger partial charge in [0.15, 0.2) is 0 Å². The predicted molar refractivity (Wildman–Crippen MR) is 136 cm³/mol. The quantitative estimate of drug-likeness (QED) is 0.496. The van der Waals surface area contributed by atoms with Gasteiger partial charge in [0.05, 0.1) is 5.56 Å². The largest absolute Gasteiger partial charge is 0.478 e. The molecule has 2 aliphatic rings. The maximum atomic E-state index is 11.8. The highest BCUT2D eigenvalue weighted by Gasteiger charge is 2.25. The van der Waals surface area contributed by atoms with Crippen molar-refractivity contribution in [1.29, 1.82) is 0 Å². The maximum absolute atomic E-state index is 11.8. The Morgan fingerprint density at radius 3 is 2.54 bits per heavy atom. The molecule has 0 amide bonds. The molecule has 7 heteroatoms. The summed E-state index contributed by atoms with van der Waals surface area (Å²) in [6.45, 7) is 7.16. The van der Waals surface area contributed by atoms with Crippen LogP contribution in [0.25, 0.3) is 28.1 Å². The van der Waals surface area contributed by atoms with Crippen molar-refractivity contribution in [2.45, 2.75) is 38.5 Å². The van der Waals surface area contributed by atoms with Gasteiger partial charge in [-0.2, -0.15) is 4.98 Å². The van der Waals surface area contributed by atoms with Gasteiger partial charge in [-0.3, -0.25) is 0 Å². The minimum atomic E-state index is -0.898. The molecule has 182 valence electrons. The summed E-state index contributed by atoms with van der Waals surface area (Å²) in [5, 5.41) is 17.2. The highest BCUT2D eigenvalue weighted by molar-refractivity contribution is 5.95. The summed E-state index contributed by atoms with van der Waals surface area (Å²) in [7, 11) is 0. The molecule has 0 unspecified atom stereocenters. The number of nitrogens with one attached hydrogen (secondary N) is 1. The molecule has 3 heterocycles. The van der Waals surface area contributed by atoms with Crippen LogP contribution in [0.4, 0.5) is 0 Å². The summed E-state index contributed by atoms with van der Waals surface area (Å²) in [6, 6.07) is 13.6. The van der Waals surface area contributed by atoms with Crippen LogP contribution in [0.1, 0.15) is 60.3 Å². The molecule has 2 aromatic carbocycles. The standard InChI is InChI=1S/C28H32N4O3/c1-2-15-32-16-11-22(12-17-32)27-30-26(31-35-27)21-5-3-19(4-6-21)23-7-8-24(28(33)34)25(18-23)20-9-13-29-14-10-20/h3-9,18,22,29H,2,10-17H2,1H3,(H,33,34). The molecule has 1 aromatic heterocycles. The van der Waals surface area contributed by atoms with E-state index in [0.717, 1.165) is 85.7 Å². The molecule has 35 heavy (non-hydrogen) atoms. The van der Waals surface area contributed by atoms with Crippen molar-refractivity contribution >= 4 is 11.5 Å². The predicted octanol–water partition coefficient (Wildman–Crippen LogP) is 5.07.